The maximum absolute atomic E-state index is 13.0. The van der Waals surface area contributed by atoms with E-state index in [-0.39, 0.29) is 36.4 Å². The van der Waals surface area contributed by atoms with Crippen LogP contribution in [-0.4, -0.2) is 68.3 Å². The van der Waals surface area contributed by atoms with Gasteiger partial charge in [0, 0.05) is 37.4 Å². The molecular formula is C21H28F2N4O4. The van der Waals surface area contributed by atoms with Crippen LogP contribution in [0.25, 0.3) is 0 Å². The number of hydrogen-bond donors (Lipinski definition) is 2. The van der Waals surface area contributed by atoms with Crippen molar-refractivity contribution in [3.8, 4) is 5.75 Å². The minimum absolute atomic E-state index is 0.0697. The molecule has 0 unspecified atom stereocenters. The van der Waals surface area contributed by atoms with Gasteiger partial charge in [-0.25, -0.2) is 0 Å². The molecule has 1 aliphatic heterocycles. The van der Waals surface area contributed by atoms with E-state index in [1.807, 2.05) is 0 Å². The van der Waals surface area contributed by atoms with Crippen molar-refractivity contribution in [1.29, 1.82) is 0 Å². The van der Waals surface area contributed by atoms with E-state index in [9.17, 15) is 18.4 Å². The van der Waals surface area contributed by atoms with Gasteiger partial charge in [0.25, 0.3) is 5.91 Å². The van der Waals surface area contributed by atoms with Crippen molar-refractivity contribution >= 4 is 23.2 Å². The van der Waals surface area contributed by atoms with E-state index >= 15 is 0 Å². The zero-order chi connectivity index (χ0) is 22.0. The first-order valence-corrected chi connectivity index (χ1v) is 10.7. The van der Waals surface area contributed by atoms with Gasteiger partial charge in [0.05, 0.1) is 12.3 Å². The molecule has 31 heavy (non-hydrogen) atoms. The van der Waals surface area contributed by atoms with Gasteiger partial charge >= 0.3 is 6.61 Å². The number of alkyl halides is 2. The number of carbonyl (C=O) groups excluding carboxylic acids is 2. The molecule has 3 aliphatic rings. The van der Waals surface area contributed by atoms with Crippen molar-refractivity contribution in [3.63, 3.8) is 0 Å². The minimum Gasteiger partial charge on any atom is -0.433 e. The third-order valence-electron chi connectivity index (χ3n) is 5.84. The lowest BCUT2D eigenvalue weighted by Gasteiger charge is -2.30. The molecule has 2 aliphatic carbocycles. The molecule has 2 amide bonds. The number of nitrogens with one attached hydrogen (secondary N) is 1. The highest BCUT2D eigenvalue weighted by atomic mass is 19.3. The number of benzene rings is 1. The number of morpholine rings is 1. The van der Waals surface area contributed by atoms with Crippen LogP contribution in [0, 0.1) is 5.92 Å². The summed E-state index contributed by atoms with van der Waals surface area (Å²) in [5.41, 5.74) is 6.46. The van der Waals surface area contributed by atoms with Gasteiger partial charge in [-0.2, -0.15) is 8.78 Å². The molecular weight excluding hydrogens is 410 g/mol. The monoisotopic (exact) mass is 438 g/mol. The zero-order valence-corrected chi connectivity index (χ0v) is 17.3. The minimum atomic E-state index is -3.07. The van der Waals surface area contributed by atoms with Crippen LogP contribution < -0.4 is 20.7 Å². The summed E-state index contributed by atoms with van der Waals surface area (Å²) in [5.74, 6) is -0.208. The van der Waals surface area contributed by atoms with Gasteiger partial charge in [0.15, 0.2) is 5.75 Å². The van der Waals surface area contributed by atoms with E-state index in [4.69, 9.17) is 10.5 Å². The van der Waals surface area contributed by atoms with Gasteiger partial charge in [-0.1, -0.05) is 0 Å². The first-order valence-electron chi connectivity index (χ1n) is 10.7. The molecule has 1 aromatic rings. The summed E-state index contributed by atoms with van der Waals surface area (Å²) in [6.45, 7) is -1.51. The van der Waals surface area contributed by atoms with Gasteiger partial charge in [-0.05, 0) is 43.7 Å². The highest BCUT2D eigenvalue weighted by Crippen LogP contribution is 2.37. The lowest BCUT2D eigenvalue weighted by Crippen LogP contribution is -2.50. The predicted molar refractivity (Wildman–Crippen MR) is 110 cm³/mol. The van der Waals surface area contributed by atoms with Crippen LogP contribution in [-0.2, 0) is 14.3 Å². The fourth-order valence-electron chi connectivity index (χ4n) is 3.91. The number of anilines is 2. The molecule has 0 radical (unpaired) electrons. The Hall–Kier alpha value is -2.30. The van der Waals surface area contributed by atoms with Gasteiger partial charge in [0.2, 0.25) is 5.91 Å². The molecule has 3 N–H and O–H groups in total. The van der Waals surface area contributed by atoms with Gasteiger partial charge in [-0.15, -0.1) is 0 Å². The van der Waals surface area contributed by atoms with Crippen LogP contribution in [0.2, 0.25) is 0 Å². The average Bonchev–Trinajstić information content (AvgIpc) is 3.63. The van der Waals surface area contributed by atoms with Gasteiger partial charge in [0.1, 0.15) is 12.6 Å². The summed E-state index contributed by atoms with van der Waals surface area (Å²) in [7, 11) is 0. The summed E-state index contributed by atoms with van der Waals surface area (Å²) in [6, 6.07) is 4.23. The SMILES string of the molecule is NC[C@@H](C(=O)Nc1ccc(N2CCOCC2=O)cc1OC(F)F)N(CC1CC1)C1CC1. The van der Waals surface area contributed by atoms with Gasteiger partial charge < -0.3 is 25.4 Å². The summed E-state index contributed by atoms with van der Waals surface area (Å²) in [5, 5.41) is 2.72. The number of nitrogens with two attached hydrogens (primary N) is 1. The Morgan fingerprint density at radius 1 is 1.32 bits per heavy atom. The molecule has 0 aromatic heterocycles. The van der Waals surface area contributed by atoms with Crippen LogP contribution in [0.4, 0.5) is 20.2 Å². The van der Waals surface area contributed by atoms with Crippen molar-refractivity contribution in [2.75, 3.05) is 43.1 Å². The second-order valence-electron chi connectivity index (χ2n) is 8.27. The number of amides is 2. The molecule has 1 aromatic carbocycles. The summed E-state index contributed by atoms with van der Waals surface area (Å²) in [6.07, 6.45) is 4.41. The summed E-state index contributed by atoms with van der Waals surface area (Å²) < 4.78 is 35.8. The molecule has 4 rings (SSSR count). The molecule has 0 spiro atoms. The third kappa shape index (κ3) is 5.50. The molecule has 170 valence electrons. The van der Waals surface area contributed by atoms with E-state index in [0.717, 1.165) is 32.2 Å². The standard InChI is InChI=1S/C21H28F2N4O4/c22-21(23)31-18-9-15(26-7-8-30-12-19(26)28)5-6-16(18)25-20(29)17(10-24)27(14-3-4-14)11-13-1-2-13/h5-6,9,13-14,17,21H,1-4,7-8,10-12,24H2,(H,25,29)/t17-/m0/s1. The lowest BCUT2D eigenvalue weighted by molar-refractivity contribution is -0.125. The highest BCUT2D eigenvalue weighted by molar-refractivity contribution is 5.98. The first kappa shape index (κ1) is 21.9. The fraction of sp³-hybridized carbons (Fsp3) is 0.619. The number of hydrogen-bond acceptors (Lipinski definition) is 6. The maximum Gasteiger partial charge on any atom is 0.387 e. The summed E-state index contributed by atoms with van der Waals surface area (Å²) in [4.78, 5) is 28.7. The Morgan fingerprint density at radius 2 is 2.10 bits per heavy atom. The predicted octanol–water partition coefficient (Wildman–Crippen LogP) is 1.79. The second kappa shape index (κ2) is 9.46. The Kier molecular flexibility index (Phi) is 6.68. The van der Waals surface area contributed by atoms with Crippen molar-refractivity contribution in [2.24, 2.45) is 11.7 Å². The van der Waals surface area contributed by atoms with Crippen LogP contribution in [0.15, 0.2) is 18.2 Å². The Morgan fingerprint density at radius 3 is 2.71 bits per heavy atom. The molecule has 8 nitrogen and oxygen atoms in total. The fourth-order valence-corrected chi connectivity index (χ4v) is 3.91. The van der Waals surface area contributed by atoms with Crippen molar-refractivity contribution in [1.82, 2.24) is 4.90 Å². The smallest absolute Gasteiger partial charge is 0.387 e. The Balaban J connectivity index is 1.52. The van der Waals surface area contributed by atoms with Crippen LogP contribution >= 0.6 is 0 Å². The van der Waals surface area contributed by atoms with Crippen LogP contribution in [0.1, 0.15) is 25.7 Å². The first-order chi connectivity index (χ1) is 15.0. The van der Waals surface area contributed by atoms with Crippen LogP contribution in [0.3, 0.4) is 0 Å². The largest absolute Gasteiger partial charge is 0.433 e. The molecule has 2 saturated carbocycles. The second-order valence-corrected chi connectivity index (χ2v) is 8.27. The van der Waals surface area contributed by atoms with E-state index in [1.165, 1.54) is 17.0 Å². The van der Waals surface area contributed by atoms with Gasteiger partial charge in [-0.3, -0.25) is 14.5 Å². The van der Waals surface area contributed by atoms with Crippen molar-refractivity contribution in [2.45, 2.75) is 44.4 Å². The van der Waals surface area contributed by atoms with Crippen molar-refractivity contribution in [3.05, 3.63) is 18.2 Å². The number of carbonyl (C=O) groups is 2. The quantitative estimate of drug-likeness (QED) is 0.578. The molecule has 3 fully saturated rings. The molecule has 1 saturated heterocycles. The number of ether oxygens (including phenoxy) is 2. The Bertz CT molecular complexity index is 817. The molecule has 1 heterocycles. The van der Waals surface area contributed by atoms with E-state index in [2.05, 4.69) is 15.0 Å². The molecule has 0 bridgehead atoms. The lowest BCUT2D eigenvalue weighted by atomic mass is 10.1. The zero-order valence-electron chi connectivity index (χ0n) is 17.3. The van der Waals surface area contributed by atoms with Crippen LogP contribution in [0.5, 0.6) is 5.75 Å². The third-order valence-corrected chi connectivity index (χ3v) is 5.84. The van der Waals surface area contributed by atoms with E-state index in [0.29, 0.717) is 30.8 Å². The highest BCUT2D eigenvalue weighted by Gasteiger charge is 2.39. The van der Waals surface area contributed by atoms with E-state index < -0.39 is 12.7 Å². The summed E-state index contributed by atoms with van der Waals surface area (Å²) >= 11 is 0. The number of rotatable bonds is 10. The topological polar surface area (TPSA) is 97.1 Å². The van der Waals surface area contributed by atoms with E-state index in [1.54, 1.807) is 6.07 Å². The number of halogens is 2. The normalized spacial score (nSPS) is 20.3. The molecule has 10 heteroatoms. The molecule has 1 atom stereocenters. The average molecular weight is 438 g/mol. The number of nitrogens with zero attached hydrogens (tertiary/aromatic N) is 2. The van der Waals surface area contributed by atoms with Crippen molar-refractivity contribution < 1.29 is 27.8 Å². The Labute approximate surface area is 179 Å². The maximum atomic E-state index is 13.0.